The highest BCUT2D eigenvalue weighted by atomic mass is 19.1. The second-order valence-corrected chi connectivity index (χ2v) is 7.81. The number of carbonyl (C=O) groups is 1. The number of ether oxygens (including phenoxy) is 1. The maximum Gasteiger partial charge on any atom is 0.322 e. The van der Waals surface area contributed by atoms with Gasteiger partial charge in [-0.2, -0.15) is 0 Å². The van der Waals surface area contributed by atoms with Crippen LogP contribution < -0.4 is 10.1 Å². The smallest absolute Gasteiger partial charge is 0.322 e. The second-order valence-electron chi connectivity index (χ2n) is 7.81. The molecule has 6 nitrogen and oxygen atoms in total. The number of hydrogen-bond acceptors (Lipinski definition) is 4. The van der Waals surface area contributed by atoms with E-state index in [1.807, 2.05) is 12.1 Å². The molecular weight excluding hydrogens is 438 g/mol. The van der Waals surface area contributed by atoms with Crippen LogP contribution in [0.1, 0.15) is 22.9 Å². The van der Waals surface area contributed by atoms with Gasteiger partial charge in [0.1, 0.15) is 17.4 Å². The fourth-order valence-electron chi connectivity index (χ4n) is 3.99. The first-order valence-corrected chi connectivity index (χ1v) is 10.7. The Hall–Kier alpha value is -4.33. The first kappa shape index (κ1) is 21.5. The lowest BCUT2D eigenvalue weighted by Gasteiger charge is -2.37. The van der Waals surface area contributed by atoms with Crippen LogP contribution in [0.3, 0.4) is 0 Å². The summed E-state index contributed by atoms with van der Waals surface area (Å²) in [4.78, 5) is 23.6. The van der Waals surface area contributed by atoms with Gasteiger partial charge < -0.3 is 15.0 Å². The molecule has 4 aromatic rings. The topological polar surface area (TPSA) is 67.3 Å². The van der Waals surface area contributed by atoms with Crippen molar-refractivity contribution < 1.29 is 18.3 Å². The van der Waals surface area contributed by atoms with Crippen molar-refractivity contribution in [3.05, 3.63) is 114 Å². The van der Waals surface area contributed by atoms with Gasteiger partial charge >= 0.3 is 6.03 Å². The van der Waals surface area contributed by atoms with E-state index < -0.39 is 6.04 Å². The van der Waals surface area contributed by atoms with Crippen LogP contribution in [-0.2, 0) is 6.42 Å². The highest BCUT2D eigenvalue weighted by molar-refractivity contribution is 5.90. The first-order chi connectivity index (χ1) is 16.6. The van der Waals surface area contributed by atoms with Crippen LogP contribution in [-0.4, -0.2) is 27.4 Å². The summed E-state index contributed by atoms with van der Waals surface area (Å²) in [6.07, 6.45) is 3.84. The van der Waals surface area contributed by atoms with Crippen LogP contribution in [0.5, 0.6) is 11.6 Å². The van der Waals surface area contributed by atoms with Crippen molar-refractivity contribution >= 4 is 11.7 Å². The van der Waals surface area contributed by atoms with Gasteiger partial charge in [-0.15, -0.1) is 0 Å². The van der Waals surface area contributed by atoms with E-state index in [1.54, 1.807) is 35.4 Å². The lowest BCUT2D eigenvalue weighted by atomic mass is 9.91. The van der Waals surface area contributed by atoms with E-state index in [9.17, 15) is 13.6 Å². The maximum atomic E-state index is 13.5. The Balaban J connectivity index is 1.34. The minimum atomic E-state index is -0.396. The molecule has 34 heavy (non-hydrogen) atoms. The number of urea groups is 1. The summed E-state index contributed by atoms with van der Waals surface area (Å²) in [6.45, 7) is 0.455. The summed E-state index contributed by atoms with van der Waals surface area (Å²) < 4.78 is 32.2. The molecule has 0 saturated carbocycles. The van der Waals surface area contributed by atoms with Gasteiger partial charge in [-0.05, 0) is 54.1 Å². The summed E-state index contributed by atoms with van der Waals surface area (Å²) in [7, 11) is 0. The lowest BCUT2D eigenvalue weighted by Crippen LogP contribution is -2.43. The SMILES string of the molecule is O=C(Nc1ccc(Oc2ccc(F)cc2)nc1)N1CCc2ncccc2[C@@H]1c1ccc(F)cc1. The van der Waals surface area contributed by atoms with Crippen LogP contribution >= 0.6 is 0 Å². The number of fused-ring (bicyclic) bond motifs is 1. The summed E-state index contributed by atoms with van der Waals surface area (Å²) >= 11 is 0. The van der Waals surface area contributed by atoms with Gasteiger partial charge in [0.05, 0.1) is 17.9 Å². The van der Waals surface area contributed by atoms with E-state index >= 15 is 0 Å². The van der Waals surface area contributed by atoms with Crippen molar-refractivity contribution in [3.8, 4) is 11.6 Å². The fourth-order valence-corrected chi connectivity index (χ4v) is 3.99. The number of pyridine rings is 2. The van der Waals surface area contributed by atoms with Gasteiger partial charge in [0.2, 0.25) is 5.88 Å². The molecule has 2 amide bonds. The van der Waals surface area contributed by atoms with Crippen molar-refractivity contribution in [1.82, 2.24) is 14.9 Å². The Labute approximate surface area is 194 Å². The second kappa shape index (κ2) is 9.27. The molecule has 0 aliphatic carbocycles. The van der Waals surface area contributed by atoms with Crippen LogP contribution in [0, 0.1) is 11.6 Å². The quantitative estimate of drug-likeness (QED) is 0.424. The number of halogens is 2. The van der Waals surface area contributed by atoms with E-state index in [4.69, 9.17) is 4.74 Å². The summed E-state index contributed by atoms with van der Waals surface area (Å²) in [5.41, 5.74) is 3.12. The molecule has 2 aromatic carbocycles. The number of anilines is 1. The third kappa shape index (κ3) is 4.56. The number of benzene rings is 2. The Kier molecular flexibility index (Phi) is 5.86. The molecule has 8 heteroatoms. The lowest BCUT2D eigenvalue weighted by molar-refractivity contribution is 0.193. The molecule has 1 aliphatic heterocycles. The van der Waals surface area contributed by atoms with Crippen LogP contribution in [0.2, 0.25) is 0 Å². The number of amides is 2. The molecule has 0 bridgehead atoms. The largest absolute Gasteiger partial charge is 0.439 e. The zero-order valence-corrected chi connectivity index (χ0v) is 18.0. The molecule has 170 valence electrons. The van der Waals surface area contributed by atoms with E-state index in [-0.39, 0.29) is 17.7 Å². The fraction of sp³-hybridized carbons (Fsp3) is 0.115. The van der Waals surface area contributed by atoms with E-state index in [0.717, 1.165) is 16.8 Å². The molecule has 1 N–H and O–H groups in total. The van der Waals surface area contributed by atoms with Gasteiger partial charge in [0.15, 0.2) is 0 Å². The molecule has 1 aliphatic rings. The molecule has 0 fully saturated rings. The van der Waals surface area contributed by atoms with Crippen molar-refractivity contribution in [2.24, 2.45) is 0 Å². The minimum Gasteiger partial charge on any atom is -0.439 e. The Morgan fingerprint density at radius 3 is 2.38 bits per heavy atom. The Morgan fingerprint density at radius 1 is 0.941 bits per heavy atom. The average Bonchev–Trinajstić information content (AvgIpc) is 2.86. The van der Waals surface area contributed by atoms with Gasteiger partial charge in [-0.25, -0.2) is 18.6 Å². The molecule has 0 spiro atoms. The minimum absolute atomic E-state index is 0.308. The maximum absolute atomic E-state index is 13.5. The molecule has 1 atom stereocenters. The van der Waals surface area contributed by atoms with Crippen LogP contribution in [0.4, 0.5) is 19.3 Å². The first-order valence-electron chi connectivity index (χ1n) is 10.7. The molecule has 0 unspecified atom stereocenters. The van der Waals surface area contributed by atoms with Crippen molar-refractivity contribution in [2.75, 3.05) is 11.9 Å². The van der Waals surface area contributed by atoms with Gasteiger partial charge in [-0.1, -0.05) is 18.2 Å². The average molecular weight is 458 g/mol. The van der Waals surface area contributed by atoms with Crippen LogP contribution in [0.25, 0.3) is 0 Å². The monoisotopic (exact) mass is 458 g/mol. The zero-order valence-electron chi connectivity index (χ0n) is 18.0. The molecule has 0 saturated heterocycles. The van der Waals surface area contributed by atoms with Crippen molar-refractivity contribution in [2.45, 2.75) is 12.5 Å². The zero-order chi connectivity index (χ0) is 23.5. The summed E-state index contributed by atoms with van der Waals surface area (Å²) in [5.74, 6) is 0.0737. The summed E-state index contributed by atoms with van der Waals surface area (Å²) in [5, 5.41) is 2.88. The standard InChI is InChI=1S/C26H20F2N4O2/c27-18-5-3-17(4-6-18)25-22-2-1-14-29-23(22)13-15-32(25)26(33)31-20-9-12-24(30-16-20)34-21-10-7-19(28)8-11-21/h1-12,14,16,25H,13,15H2,(H,31,33)/t25-/m0/s1. The number of hydrogen-bond donors (Lipinski definition) is 1. The molecule has 5 rings (SSSR count). The predicted molar refractivity (Wildman–Crippen MR) is 123 cm³/mol. The predicted octanol–water partition coefficient (Wildman–Crippen LogP) is 5.73. The van der Waals surface area contributed by atoms with Gasteiger partial charge in [0.25, 0.3) is 0 Å². The van der Waals surface area contributed by atoms with Crippen molar-refractivity contribution in [3.63, 3.8) is 0 Å². The number of carbonyl (C=O) groups excluding carboxylic acids is 1. The summed E-state index contributed by atoms with van der Waals surface area (Å²) in [6, 6.07) is 18.1. The third-order valence-electron chi connectivity index (χ3n) is 5.59. The highest BCUT2D eigenvalue weighted by Gasteiger charge is 2.32. The van der Waals surface area contributed by atoms with E-state index in [0.29, 0.717) is 30.3 Å². The molecular formula is C26H20F2N4O2. The number of nitrogens with zero attached hydrogens (tertiary/aromatic N) is 3. The van der Waals surface area contributed by atoms with Crippen molar-refractivity contribution in [1.29, 1.82) is 0 Å². The highest BCUT2D eigenvalue weighted by Crippen LogP contribution is 2.35. The van der Waals surface area contributed by atoms with Gasteiger partial charge in [0, 0.05) is 36.5 Å². The van der Waals surface area contributed by atoms with Gasteiger partial charge in [-0.3, -0.25) is 4.98 Å². The van der Waals surface area contributed by atoms with E-state index in [2.05, 4.69) is 15.3 Å². The number of aromatic nitrogens is 2. The third-order valence-corrected chi connectivity index (χ3v) is 5.59. The molecule has 3 heterocycles. The van der Waals surface area contributed by atoms with Crippen LogP contribution in [0.15, 0.2) is 85.2 Å². The van der Waals surface area contributed by atoms with E-state index in [1.165, 1.54) is 42.6 Å². The normalized spacial score (nSPS) is 14.9. The Bertz CT molecular complexity index is 1300. The Morgan fingerprint density at radius 2 is 1.68 bits per heavy atom. The number of rotatable bonds is 4. The molecule has 2 aromatic heterocycles. The molecule has 0 radical (unpaired) electrons. The number of nitrogens with one attached hydrogen (secondary N) is 1.